The van der Waals surface area contributed by atoms with Crippen LogP contribution in [-0.4, -0.2) is 61.7 Å². The lowest BCUT2D eigenvalue weighted by atomic mass is 10.1. The van der Waals surface area contributed by atoms with Gasteiger partial charge in [-0.05, 0) is 43.4 Å². The average Bonchev–Trinajstić information content (AvgIpc) is 3.33. The summed E-state index contributed by atoms with van der Waals surface area (Å²) in [5.41, 5.74) is 5.98. The van der Waals surface area contributed by atoms with Gasteiger partial charge in [0.1, 0.15) is 17.8 Å². The smallest absolute Gasteiger partial charge is 0.304 e. The van der Waals surface area contributed by atoms with Gasteiger partial charge < -0.3 is 25.4 Å². The monoisotopic (exact) mass is 559 g/mol. The van der Waals surface area contributed by atoms with E-state index in [1.807, 2.05) is 4.90 Å². The second kappa shape index (κ2) is 11.5. The zero-order chi connectivity index (χ0) is 28.3. The summed E-state index contributed by atoms with van der Waals surface area (Å²) in [4.78, 5) is 21.0. The molecule has 1 aromatic heterocycles. The number of carbonyl (C=O) groups is 1. The first-order chi connectivity index (χ1) is 18.5. The number of aliphatic carboxylic acids is 1. The van der Waals surface area contributed by atoms with Gasteiger partial charge in [-0.2, -0.15) is 4.39 Å². The van der Waals surface area contributed by atoms with Gasteiger partial charge in [-0.3, -0.25) is 24.3 Å². The van der Waals surface area contributed by atoms with Crippen molar-refractivity contribution in [3.63, 3.8) is 0 Å². The highest BCUT2D eigenvalue weighted by molar-refractivity contribution is 7.85. The van der Waals surface area contributed by atoms with E-state index in [9.17, 15) is 18.5 Å². The lowest BCUT2D eigenvalue weighted by Gasteiger charge is -2.22. The average molecular weight is 560 g/mol. The first-order valence-electron chi connectivity index (χ1n) is 11.4. The molecule has 2 aromatic carbocycles. The Morgan fingerprint density at radius 1 is 1.23 bits per heavy atom. The second-order valence-corrected chi connectivity index (χ2v) is 9.96. The molecule has 0 amide bonds. The quantitative estimate of drug-likeness (QED) is 0.214. The molecule has 0 saturated carbocycles. The highest BCUT2D eigenvalue weighted by Gasteiger charge is 2.27. The summed E-state index contributed by atoms with van der Waals surface area (Å²) < 4.78 is 53.8. The van der Waals surface area contributed by atoms with E-state index in [1.165, 1.54) is 36.4 Å². The standard InChI is InChI=1S/C25H23F2N5O6S/c1-32-8-7-30-24(32)15-11-14(39(36)9-6-20(34)35)3-5-18(15)37-22-16(26)12-31-25(21(22)27)38-19-10-13(23(28)29)2-4-17(19)33/h2-5,7,10-12,24,33H,6,8-9H2,1H3,(H3,28,29)(H,34,35). The first kappa shape index (κ1) is 27.6. The number of pyridine rings is 1. The number of halogens is 2. The van der Waals surface area contributed by atoms with Crippen molar-refractivity contribution in [3.05, 3.63) is 65.4 Å². The van der Waals surface area contributed by atoms with E-state index in [0.29, 0.717) is 23.2 Å². The number of nitrogen functional groups attached to an aromatic ring is 1. The number of carboxylic acid groups (broad SMARTS) is 1. The van der Waals surface area contributed by atoms with Gasteiger partial charge >= 0.3 is 5.97 Å². The number of nitrogens with one attached hydrogen (secondary N) is 1. The molecule has 0 fully saturated rings. The minimum atomic E-state index is -1.66. The van der Waals surface area contributed by atoms with E-state index in [-0.39, 0.29) is 35.1 Å². The topological polar surface area (TPSA) is 171 Å². The van der Waals surface area contributed by atoms with Crippen LogP contribution in [-0.2, 0) is 15.6 Å². The third-order valence-corrected chi connectivity index (χ3v) is 7.00. The number of rotatable bonds is 10. The van der Waals surface area contributed by atoms with Crippen LogP contribution in [0.4, 0.5) is 8.78 Å². The van der Waals surface area contributed by atoms with E-state index in [0.717, 1.165) is 0 Å². The number of hydrogen-bond donors (Lipinski definition) is 4. The molecule has 3 aromatic rings. The van der Waals surface area contributed by atoms with Crippen LogP contribution in [0.25, 0.3) is 0 Å². The van der Waals surface area contributed by atoms with Crippen LogP contribution in [0.15, 0.2) is 52.5 Å². The molecule has 1 aliphatic rings. The Morgan fingerprint density at radius 3 is 2.67 bits per heavy atom. The molecule has 5 N–H and O–H groups in total. The van der Waals surface area contributed by atoms with E-state index in [4.69, 9.17) is 25.7 Å². The number of nitrogens with two attached hydrogens (primary N) is 1. The Hall–Kier alpha value is -4.43. The van der Waals surface area contributed by atoms with Crippen LogP contribution < -0.4 is 15.2 Å². The van der Waals surface area contributed by atoms with Gasteiger partial charge in [0.2, 0.25) is 11.6 Å². The molecule has 2 heterocycles. The maximum absolute atomic E-state index is 15.4. The molecular weight excluding hydrogens is 536 g/mol. The van der Waals surface area contributed by atoms with E-state index < -0.39 is 51.9 Å². The number of aromatic hydroxyl groups is 1. The van der Waals surface area contributed by atoms with Crippen LogP contribution in [0.1, 0.15) is 23.7 Å². The largest absolute Gasteiger partial charge is 0.504 e. The molecule has 0 bridgehead atoms. The van der Waals surface area contributed by atoms with Crippen LogP contribution in [0, 0.1) is 17.0 Å². The van der Waals surface area contributed by atoms with Gasteiger partial charge in [-0.15, -0.1) is 0 Å². The molecule has 39 heavy (non-hydrogen) atoms. The van der Waals surface area contributed by atoms with Gasteiger partial charge in [-0.25, -0.2) is 9.37 Å². The molecule has 4 rings (SSSR count). The van der Waals surface area contributed by atoms with Crippen molar-refractivity contribution in [3.8, 4) is 28.9 Å². The van der Waals surface area contributed by atoms with Crippen molar-refractivity contribution in [1.82, 2.24) is 9.88 Å². The molecule has 1 aliphatic heterocycles. The van der Waals surface area contributed by atoms with Gasteiger partial charge in [0.25, 0.3) is 5.88 Å². The molecule has 0 radical (unpaired) electrons. The van der Waals surface area contributed by atoms with Gasteiger partial charge in [-0.1, -0.05) is 0 Å². The Morgan fingerprint density at radius 2 is 2.00 bits per heavy atom. The van der Waals surface area contributed by atoms with Crippen molar-refractivity contribution in [2.45, 2.75) is 17.5 Å². The van der Waals surface area contributed by atoms with E-state index in [1.54, 1.807) is 13.3 Å². The second-order valence-electron chi connectivity index (χ2n) is 8.39. The number of ether oxygens (including phenoxy) is 2. The van der Waals surface area contributed by atoms with E-state index >= 15 is 4.39 Å². The van der Waals surface area contributed by atoms with Crippen LogP contribution in [0.3, 0.4) is 0 Å². The minimum Gasteiger partial charge on any atom is -0.504 e. The third kappa shape index (κ3) is 6.18. The number of nitrogens with zero attached hydrogens (tertiary/aromatic N) is 3. The Kier molecular flexibility index (Phi) is 8.16. The minimum absolute atomic E-state index is 0.00117. The van der Waals surface area contributed by atoms with Gasteiger partial charge in [0.15, 0.2) is 17.3 Å². The van der Waals surface area contributed by atoms with Crippen molar-refractivity contribution < 1.29 is 37.5 Å². The van der Waals surface area contributed by atoms with Gasteiger partial charge in [0, 0.05) is 34.5 Å². The number of amidine groups is 1. The summed E-state index contributed by atoms with van der Waals surface area (Å²) in [5.74, 6) is -6.24. The molecule has 14 heteroatoms. The Labute approximate surface area is 223 Å². The maximum atomic E-state index is 15.4. The molecule has 0 spiro atoms. The number of hydrogen-bond acceptors (Lipinski definition) is 9. The predicted molar refractivity (Wildman–Crippen MR) is 137 cm³/mol. The van der Waals surface area contributed by atoms with Crippen LogP contribution in [0.2, 0.25) is 0 Å². The third-order valence-electron chi connectivity index (χ3n) is 5.65. The SMILES string of the molecule is CN1CC=NC1c1cc(S(=O)CCC(=O)O)ccc1Oc1c(F)cnc(Oc2cc(C(=N)N)ccc2O)c1F. The zero-order valence-electron chi connectivity index (χ0n) is 20.4. The predicted octanol–water partition coefficient (Wildman–Crippen LogP) is 3.53. The zero-order valence-corrected chi connectivity index (χ0v) is 21.2. The molecule has 11 nitrogen and oxygen atoms in total. The molecular formula is C25H23F2N5O6S. The summed E-state index contributed by atoms with van der Waals surface area (Å²) >= 11 is 0. The molecule has 2 atom stereocenters. The van der Waals surface area contributed by atoms with Gasteiger partial charge in [0.05, 0.1) is 23.4 Å². The van der Waals surface area contributed by atoms with E-state index in [2.05, 4.69) is 9.98 Å². The molecule has 2 unspecified atom stereocenters. The van der Waals surface area contributed by atoms with Crippen molar-refractivity contribution >= 4 is 28.8 Å². The first-order valence-corrected chi connectivity index (χ1v) is 12.7. The summed E-state index contributed by atoms with van der Waals surface area (Å²) in [6, 6.07) is 8.02. The number of phenolic OH excluding ortho intramolecular Hbond substituents is 1. The highest BCUT2D eigenvalue weighted by atomic mass is 32.2. The van der Waals surface area contributed by atoms with Crippen molar-refractivity contribution in [2.24, 2.45) is 10.7 Å². The summed E-state index contributed by atoms with van der Waals surface area (Å²) in [7, 11) is 0.105. The maximum Gasteiger partial charge on any atom is 0.304 e. The highest BCUT2D eigenvalue weighted by Crippen LogP contribution is 2.40. The van der Waals surface area contributed by atoms with Crippen molar-refractivity contribution in [2.75, 3.05) is 19.3 Å². The molecule has 0 saturated heterocycles. The fourth-order valence-electron chi connectivity index (χ4n) is 3.64. The fourth-order valence-corrected chi connectivity index (χ4v) is 4.72. The summed E-state index contributed by atoms with van der Waals surface area (Å²) in [6.45, 7) is 0.481. The number of carboxylic acids is 1. The van der Waals surface area contributed by atoms with Crippen molar-refractivity contribution in [1.29, 1.82) is 5.41 Å². The number of phenols is 1. The number of aliphatic imine (C=N–C) groups is 1. The lowest BCUT2D eigenvalue weighted by molar-refractivity contribution is -0.136. The lowest BCUT2D eigenvalue weighted by Crippen LogP contribution is -2.19. The Balaban J connectivity index is 1.70. The summed E-state index contributed by atoms with van der Waals surface area (Å²) in [6.07, 6.45) is 1.40. The molecule has 204 valence electrons. The normalized spacial score (nSPS) is 15.7. The fraction of sp³-hybridized carbons (Fsp3) is 0.200. The number of aromatic nitrogens is 1. The Bertz CT molecular complexity index is 1500. The summed E-state index contributed by atoms with van der Waals surface area (Å²) in [5, 5.41) is 26.5. The molecule has 0 aliphatic carbocycles. The van der Waals surface area contributed by atoms with Crippen LogP contribution in [0.5, 0.6) is 28.9 Å². The number of benzene rings is 2. The van der Waals surface area contributed by atoms with Crippen LogP contribution >= 0.6 is 0 Å².